The van der Waals surface area contributed by atoms with E-state index < -0.39 is 24.4 Å². The molecule has 7 nitrogen and oxygen atoms in total. The van der Waals surface area contributed by atoms with E-state index in [-0.39, 0.29) is 22.5 Å². The number of esters is 1. The highest BCUT2D eigenvalue weighted by molar-refractivity contribution is 6.35. The van der Waals surface area contributed by atoms with Crippen molar-refractivity contribution in [3.63, 3.8) is 0 Å². The Labute approximate surface area is 200 Å². The molecule has 0 radical (unpaired) electrons. The van der Waals surface area contributed by atoms with Gasteiger partial charge in [-0.05, 0) is 41.1 Å². The van der Waals surface area contributed by atoms with Crippen LogP contribution in [-0.2, 0) is 4.74 Å². The summed E-state index contributed by atoms with van der Waals surface area (Å²) in [6.07, 6.45) is 0. The molecule has 4 aromatic carbocycles. The minimum atomic E-state index is -0.766. The predicted molar refractivity (Wildman–Crippen MR) is 129 cm³/mol. The number of hydrogen-bond acceptors (Lipinski definition) is 6. The fourth-order valence-electron chi connectivity index (χ4n) is 4.16. The Morgan fingerprint density at radius 1 is 0.800 bits per heavy atom. The summed E-state index contributed by atoms with van der Waals surface area (Å²) in [5.41, 5.74) is 1.08. The van der Waals surface area contributed by atoms with E-state index in [0.29, 0.717) is 17.0 Å². The third-order valence-corrected chi connectivity index (χ3v) is 5.87. The van der Waals surface area contributed by atoms with Crippen LogP contribution in [-0.4, -0.2) is 37.3 Å². The fraction of sp³-hybridized carbons (Fsp3) is 0.0714. The quantitative estimate of drug-likeness (QED) is 0.233. The third kappa shape index (κ3) is 3.83. The number of fused-ring (bicyclic) bond motifs is 2. The van der Waals surface area contributed by atoms with Crippen LogP contribution in [0.5, 0.6) is 5.75 Å². The normalized spacial score (nSPS) is 12.5. The minimum Gasteiger partial charge on any atom is -0.495 e. The fourth-order valence-corrected chi connectivity index (χ4v) is 4.16. The summed E-state index contributed by atoms with van der Waals surface area (Å²) in [7, 11) is 1.45. The largest absolute Gasteiger partial charge is 0.495 e. The Morgan fingerprint density at radius 3 is 2.34 bits per heavy atom. The van der Waals surface area contributed by atoms with Gasteiger partial charge in [0.05, 0.1) is 29.5 Å². The highest BCUT2D eigenvalue weighted by atomic mass is 16.5. The van der Waals surface area contributed by atoms with Crippen LogP contribution in [0.15, 0.2) is 84.9 Å². The van der Waals surface area contributed by atoms with E-state index in [1.807, 2.05) is 30.3 Å². The van der Waals surface area contributed by atoms with Crippen molar-refractivity contribution >= 4 is 40.0 Å². The molecule has 0 atom stereocenters. The molecule has 0 aliphatic carbocycles. The first-order valence-electron chi connectivity index (χ1n) is 10.8. The first-order chi connectivity index (χ1) is 17.0. The minimum absolute atomic E-state index is 0.0671. The Balaban J connectivity index is 1.35. The van der Waals surface area contributed by atoms with Gasteiger partial charge >= 0.3 is 5.97 Å². The molecule has 2 amide bonds. The molecule has 4 aromatic rings. The summed E-state index contributed by atoms with van der Waals surface area (Å²) in [5.74, 6) is -1.83. The number of para-hydroxylation sites is 2. The van der Waals surface area contributed by atoms with Gasteiger partial charge in [-0.15, -0.1) is 0 Å². The van der Waals surface area contributed by atoms with Crippen molar-refractivity contribution in [3.05, 3.63) is 107 Å². The molecule has 0 spiro atoms. The lowest BCUT2D eigenvalue weighted by atomic mass is 10.0. The van der Waals surface area contributed by atoms with Gasteiger partial charge in [-0.1, -0.05) is 54.6 Å². The van der Waals surface area contributed by atoms with E-state index >= 15 is 0 Å². The molecule has 0 fully saturated rings. The monoisotopic (exact) mass is 465 g/mol. The molecular weight excluding hydrogens is 446 g/mol. The molecule has 0 bridgehead atoms. The zero-order valence-electron chi connectivity index (χ0n) is 18.7. The Hall–Kier alpha value is -4.78. The second-order valence-corrected chi connectivity index (χ2v) is 7.90. The number of nitrogens with zero attached hydrogens (tertiary/aromatic N) is 1. The summed E-state index contributed by atoms with van der Waals surface area (Å²) in [5, 5.41) is 1.68. The lowest BCUT2D eigenvalue weighted by molar-refractivity contribution is 0.0475. The number of methoxy groups -OCH3 is 1. The van der Waals surface area contributed by atoms with Crippen molar-refractivity contribution in [2.75, 3.05) is 18.6 Å². The lowest BCUT2D eigenvalue weighted by Gasteiger charge is -2.16. The number of benzene rings is 4. The van der Waals surface area contributed by atoms with E-state index in [2.05, 4.69) is 0 Å². The van der Waals surface area contributed by atoms with Gasteiger partial charge in [-0.25, -0.2) is 9.69 Å². The third-order valence-electron chi connectivity index (χ3n) is 5.87. The van der Waals surface area contributed by atoms with Gasteiger partial charge in [-0.2, -0.15) is 0 Å². The highest BCUT2D eigenvalue weighted by Gasteiger charge is 2.38. The SMILES string of the molecule is COc1ccccc1N1C(=O)c2ccc(C(=O)OCC(=O)c3cccc4ccccc34)cc2C1=O. The molecule has 1 heterocycles. The van der Waals surface area contributed by atoms with Gasteiger partial charge in [0.25, 0.3) is 11.8 Å². The maximum absolute atomic E-state index is 13.1. The van der Waals surface area contributed by atoms with Crippen molar-refractivity contribution in [3.8, 4) is 5.75 Å². The number of anilines is 1. The van der Waals surface area contributed by atoms with E-state index in [1.165, 1.54) is 25.3 Å². The van der Waals surface area contributed by atoms with Gasteiger partial charge in [0.15, 0.2) is 6.61 Å². The predicted octanol–water partition coefficient (Wildman–Crippen LogP) is 4.69. The van der Waals surface area contributed by atoms with Crippen LogP contribution in [0.25, 0.3) is 10.8 Å². The number of rotatable bonds is 6. The molecule has 0 N–H and O–H groups in total. The van der Waals surface area contributed by atoms with Crippen LogP contribution >= 0.6 is 0 Å². The molecule has 0 aromatic heterocycles. The van der Waals surface area contributed by atoms with Crippen LogP contribution in [0.2, 0.25) is 0 Å². The van der Waals surface area contributed by atoms with E-state index in [0.717, 1.165) is 15.7 Å². The van der Waals surface area contributed by atoms with Gasteiger partial charge in [0, 0.05) is 5.56 Å². The van der Waals surface area contributed by atoms with Crippen LogP contribution in [0, 0.1) is 0 Å². The second-order valence-electron chi connectivity index (χ2n) is 7.90. The van der Waals surface area contributed by atoms with Crippen LogP contribution in [0.3, 0.4) is 0 Å². The summed E-state index contributed by atoms with van der Waals surface area (Å²) in [6.45, 7) is -0.454. The van der Waals surface area contributed by atoms with Crippen molar-refractivity contribution in [1.82, 2.24) is 0 Å². The number of ketones is 1. The summed E-state index contributed by atoms with van der Waals surface area (Å²) in [4.78, 5) is 52.4. The maximum Gasteiger partial charge on any atom is 0.338 e. The molecule has 172 valence electrons. The number of carbonyl (C=O) groups is 4. The summed E-state index contributed by atoms with van der Waals surface area (Å²) in [6, 6.07) is 23.6. The standard InChI is InChI=1S/C28H19NO6/c1-34-25-12-5-4-11-23(25)29-26(31)21-14-13-18(15-22(21)27(29)32)28(33)35-16-24(30)20-10-6-8-17-7-2-3-9-19(17)20/h2-15H,16H2,1H3. The number of Topliss-reactive ketones (excluding diaryl/α,β-unsaturated/α-hetero) is 1. The molecule has 7 heteroatoms. The van der Waals surface area contributed by atoms with Gasteiger partial charge < -0.3 is 9.47 Å². The van der Waals surface area contributed by atoms with E-state index in [4.69, 9.17) is 9.47 Å². The molecule has 1 aliphatic rings. The van der Waals surface area contributed by atoms with Crippen LogP contribution in [0.1, 0.15) is 41.4 Å². The zero-order valence-corrected chi connectivity index (χ0v) is 18.7. The number of carbonyl (C=O) groups excluding carboxylic acids is 4. The van der Waals surface area contributed by atoms with Crippen molar-refractivity contribution in [2.24, 2.45) is 0 Å². The Bertz CT molecular complexity index is 1520. The maximum atomic E-state index is 13.1. The number of ether oxygens (including phenoxy) is 2. The molecule has 0 saturated carbocycles. The van der Waals surface area contributed by atoms with Crippen molar-refractivity contribution in [2.45, 2.75) is 0 Å². The van der Waals surface area contributed by atoms with E-state index in [1.54, 1.807) is 36.4 Å². The number of hydrogen-bond donors (Lipinski definition) is 0. The zero-order chi connectivity index (χ0) is 24.5. The van der Waals surface area contributed by atoms with Crippen LogP contribution in [0.4, 0.5) is 5.69 Å². The molecule has 0 unspecified atom stereocenters. The smallest absolute Gasteiger partial charge is 0.338 e. The summed E-state index contributed by atoms with van der Waals surface area (Å²) >= 11 is 0. The van der Waals surface area contributed by atoms with Crippen molar-refractivity contribution in [1.29, 1.82) is 0 Å². The summed E-state index contributed by atoms with van der Waals surface area (Å²) < 4.78 is 10.5. The molecular formula is C28H19NO6. The lowest BCUT2D eigenvalue weighted by Crippen LogP contribution is -2.29. The molecule has 1 aliphatic heterocycles. The van der Waals surface area contributed by atoms with Gasteiger partial charge in [0.2, 0.25) is 5.78 Å². The van der Waals surface area contributed by atoms with Gasteiger partial charge in [0.1, 0.15) is 5.75 Å². The first-order valence-corrected chi connectivity index (χ1v) is 10.8. The van der Waals surface area contributed by atoms with Crippen molar-refractivity contribution < 1.29 is 28.7 Å². The average molecular weight is 465 g/mol. The Morgan fingerprint density at radius 2 is 1.51 bits per heavy atom. The second kappa shape index (κ2) is 8.87. The molecule has 0 saturated heterocycles. The average Bonchev–Trinajstić information content (AvgIpc) is 3.15. The van der Waals surface area contributed by atoms with Crippen LogP contribution < -0.4 is 9.64 Å². The number of imide groups is 1. The van der Waals surface area contributed by atoms with E-state index in [9.17, 15) is 19.2 Å². The highest BCUT2D eigenvalue weighted by Crippen LogP contribution is 2.35. The molecule has 35 heavy (non-hydrogen) atoms. The topological polar surface area (TPSA) is 90.0 Å². The Kier molecular flexibility index (Phi) is 5.58. The number of amides is 2. The molecule has 5 rings (SSSR count). The van der Waals surface area contributed by atoms with Gasteiger partial charge in [-0.3, -0.25) is 14.4 Å². The first kappa shape index (κ1) is 22.0.